The lowest BCUT2D eigenvalue weighted by atomic mass is 10.0. The van der Waals surface area contributed by atoms with Gasteiger partial charge in [0.25, 0.3) is 11.8 Å². The number of halogens is 3. The number of rotatable bonds is 8. The van der Waals surface area contributed by atoms with Crippen LogP contribution in [0.5, 0.6) is 0 Å². The number of hydrogen-bond acceptors (Lipinski definition) is 5. The molecule has 0 aliphatic carbocycles. The van der Waals surface area contributed by atoms with Crippen LogP contribution in [0.15, 0.2) is 55.0 Å². The fraction of sp³-hybridized carbons (Fsp3) is 0.150. The number of Topliss-reactive ketones (excluding diaryl/α,β-unsaturated/α-hetero) is 1. The molecule has 0 bridgehead atoms. The van der Waals surface area contributed by atoms with E-state index in [1.165, 1.54) is 0 Å². The molecule has 160 valence electrons. The molecule has 1 unspecified atom stereocenters. The molecule has 0 aliphatic rings. The Bertz CT molecular complexity index is 1120. The predicted octanol–water partition coefficient (Wildman–Crippen LogP) is 1.87. The third-order valence-electron chi connectivity index (χ3n) is 4.30. The van der Waals surface area contributed by atoms with Gasteiger partial charge in [-0.2, -0.15) is 13.9 Å². The third-order valence-corrected chi connectivity index (χ3v) is 4.30. The molecule has 0 spiro atoms. The molecule has 0 aliphatic heterocycles. The molecule has 2 amide bonds. The second kappa shape index (κ2) is 9.20. The molecule has 0 saturated heterocycles. The highest BCUT2D eigenvalue weighted by Gasteiger charge is 2.28. The number of hydrogen-bond donors (Lipinski definition) is 2. The molecule has 1 atom stereocenters. The maximum absolute atomic E-state index is 13.6. The van der Waals surface area contributed by atoms with Gasteiger partial charge in [0.2, 0.25) is 5.78 Å². The normalized spacial score (nSPS) is 11.9. The average molecular weight is 431 g/mol. The summed E-state index contributed by atoms with van der Waals surface area (Å²) in [7, 11) is 0. The quantitative estimate of drug-likeness (QED) is 0.528. The minimum atomic E-state index is -3.07. The van der Waals surface area contributed by atoms with E-state index in [0.717, 1.165) is 24.7 Å². The Morgan fingerprint density at radius 3 is 2.45 bits per heavy atom. The number of nitrogens with zero attached hydrogens (tertiary/aromatic N) is 3. The number of primary amides is 1. The largest absolute Gasteiger partial charge is 0.363 e. The first-order valence-corrected chi connectivity index (χ1v) is 8.93. The van der Waals surface area contributed by atoms with Crippen LogP contribution < -0.4 is 11.1 Å². The first kappa shape index (κ1) is 21.7. The van der Waals surface area contributed by atoms with Crippen molar-refractivity contribution < 1.29 is 27.6 Å². The molecule has 0 radical (unpaired) electrons. The Morgan fingerprint density at radius 1 is 1.13 bits per heavy atom. The Labute approximate surface area is 173 Å². The highest BCUT2D eigenvalue weighted by atomic mass is 19.3. The van der Waals surface area contributed by atoms with E-state index >= 15 is 0 Å². The summed E-state index contributed by atoms with van der Waals surface area (Å²) in [6.45, 7) is -3.07. The van der Waals surface area contributed by atoms with Crippen LogP contribution in [-0.2, 0) is 16.0 Å². The number of amides is 2. The molecule has 2 heterocycles. The third kappa shape index (κ3) is 5.13. The van der Waals surface area contributed by atoms with E-state index in [4.69, 9.17) is 5.73 Å². The minimum absolute atomic E-state index is 0.0228. The summed E-state index contributed by atoms with van der Waals surface area (Å²) in [5, 5.41) is 5.97. The summed E-state index contributed by atoms with van der Waals surface area (Å²) in [6.07, 6.45) is 2.74. The lowest BCUT2D eigenvalue weighted by Gasteiger charge is -2.16. The topological polar surface area (TPSA) is 120 Å². The van der Waals surface area contributed by atoms with Gasteiger partial charge in [0, 0.05) is 24.4 Å². The van der Waals surface area contributed by atoms with Gasteiger partial charge in [-0.15, -0.1) is 0 Å². The van der Waals surface area contributed by atoms with Crippen molar-refractivity contribution in [1.82, 2.24) is 20.1 Å². The summed E-state index contributed by atoms with van der Waals surface area (Å²) in [6, 6.07) is 8.11. The number of nitrogens with two attached hydrogens (primary N) is 1. The predicted molar refractivity (Wildman–Crippen MR) is 102 cm³/mol. The molecule has 31 heavy (non-hydrogen) atoms. The van der Waals surface area contributed by atoms with E-state index in [2.05, 4.69) is 15.4 Å². The molecular formula is C20H16F3N5O3. The van der Waals surface area contributed by atoms with Crippen molar-refractivity contribution in [3.05, 3.63) is 71.9 Å². The minimum Gasteiger partial charge on any atom is -0.363 e. The number of pyridine rings is 1. The molecule has 3 N–H and O–H groups in total. The lowest BCUT2D eigenvalue weighted by Crippen LogP contribution is -2.47. The summed E-state index contributed by atoms with van der Waals surface area (Å²) in [4.78, 5) is 40.1. The number of carbonyl (C=O) groups is 3. The maximum Gasteiger partial charge on any atom is 0.333 e. The van der Waals surface area contributed by atoms with E-state index in [9.17, 15) is 27.6 Å². The SMILES string of the molecule is NC(=O)C(=O)C(Cc1ccccc1)NC(=O)c1cn(C(F)F)nc1-c1cncc(F)c1. The average Bonchev–Trinajstić information content (AvgIpc) is 3.19. The number of alkyl halides is 2. The number of ketones is 1. The molecule has 11 heteroatoms. The van der Waals surface area contributed by atoms with Crippen molar-refractivity contribution in [1.29, 1.82) is 0 Å². The molecule has 0 saturated carbocycles. The zero-order valence-electron chi connectivity index (χ0n) is 15.8. The van der Waals surface area contributed by atoms with Crippen molar-refractivity contribution >= 4 is 17.6 Å². The zero-order chi connectivity index (χ0) is 22.5. The Kier molecular flexibility index (Phi) is 6.43. The van der Waals surface area contributed by atoms with Crippen molar-refractivity contribution in [2.45, 2.75) is 19.0 Å². The van der Waals surface area contributed by atoms with Crippen LogP contribution in [0.4, 0.5) is 13.2 Å². The summed E-state index contributed by atoms with van der Waals surface area (Å²) in [5.41, 5.74) is 5.06. The lowest BCUT2D eigenvalue weighted by molar-refractivity contribution is -0.137. The smallest absolute Gasteiger partial charge is 0.333 e. The van der Waals surface area contributed by atoms with Crippen LogP contribution in [0.1, 0.15) is 22.5 Å². The summed E-state index contributed by atoms with van der Waals surface area (Å²) in [5.74, 6) is -4.06. The highest BCUT2D eigenvalue weighted by molar-refractivity contribution is 6.38. The van der Waals surface area contributed by atoms with Gasteiger partial charge in [-0.05, 0) is 11.6 Å². The number of aromatic nitrogens is 3. The van der Waals surface area contributed by atoms with Crippen LogP contribution in [-0.4, -0.2) is 38.4 Å². The van der Waals surface area contributed by atoms with Crippen LogP contribution in [0, 0.1) is 5.82 Å². The Balaban J connectivity index is 1.96. The van der Waals surface area contributed by atoms with E-state index in [1.54, 1.807) is 30.3 Å². The number of nitrogens with one attached hydrogen (secondary N) is 1. The summed E-state index contributed by atoms with van der Waals surface area (Å²) < 4.78 is 40.1. The van der Waals surface area contributed by atoms with E-state index in [1.807, 2.05) is 0 Å². The summed E-state index contributed by atoms with van der Waals surface area (Å²) >= 11 is 0. The zero-order valence-corrected chi connectivity index (χ0v) is 15.8. The van der Waals surface area contributed by atoms with Crippen molar-refractivity contribution in [3.8, 4) is 11.3 Å². The molecule has 1 aromatic carbocycles. The molecular weight excluding hydrogens is 415 g/mol. The standard InChI is InChI=1S/C20H16F3N5O3/c21-13-7-12(8-25-9-13)16-14(10-28(27-16)20(22)23)19(31)26-15(17(29)18(24)30)6-11-4-2-1-3-5-11/h1-5,7-10,15,20H,6H2,(H2,24,30)(H,26,31). The van der Waals surface area contributed by atoms with Gasteiger partial charge in [0.1, 0.15) is 17.6 Å². The second-order valence-corrected chi connectivity index (χ2v) is 6.49. The second-order valence-electron chi connectivity index (χ2n) is 6.49. The fourth-order valence-corrected chi connectivity index (χ4v) is 2.88. The molecule has 3 aromatic rings. The van der Waals surface area contributed by atoms with E-state index < -0.39 is 36.0 Å². The van der Waals surface area contributed by atoms with Gasteiger partial charge in [0.15, 0.2) is 0 Å². The van der Waals surface area contributed by atoms with Gasteiger partial charge >= 0.3 is 6.55 Å². The van der Waals surface area contributed by atoms with Crippen molar-refractivity contribution in [3.63, 3.8) is 0 Å². The van der Waals surface area contributed by atoms with Crippen LogP contribution >= 0.6 is 0 Å². The first-order chi connectivity index (χ1) is 14.8. The molecule has 3 rings (SSSR count). The monoisotopic (exact) mass is 431 g/mol. The first-order valence-electron chi connectivity index (χ1n) is 8.93. The van der Waals surface area contributed by atoms with Crippen molar-refractivity contribution in [2.24, 2.45) is 5.73 Å². The number of benzene rings is 1. The highest BCUT2D eigenvalue weighted by Crippen LogP contribution is 2.24. The van der Waals surface area contributed by atoms with Gasteiger partial charge in [-0.3, -0.25) is 19.4 Å². The maximum atomic E-state index is 13.6. The fourth-order valence-electron chi connectivity index (χ4n) is 2.88. The van der Waals surface area contributed by atoms with E-state index in [-0.39, 0.29) is 27.9 Å². The van der Waals surface area contributed by atoms with E-state index in [0.29, 0.717) is 5.56 Å². The Morgan fingerprint density at radius 2 is 1.84 bits per heavy atom. The van der Waals surface area contributed by atoms with Gasteiger partial charge in [-0.1, -0.05) is 30.3 Å². The van der Waals surface area contributed by atoms with Gasteiger partial charge in [0.05, 0.1) is 11.8 Å². The number of carbonyl (C=O) groups excluding carboxylic acids is 3. The van der Waals surface area contributed by atoms with Crippen LogP contribution in [0.2, 0.25) is 0 Å². The molecule has 0 fully saturated rings. The molecule has 2 aromatic heterocycles. The van der Waals surface area contributed by atoms with Gasteiger partial charge < -0.3 is 11.1 Å². The van der Waals surface area contributed by atoms with Crippen LogP contribution in [0.25, 0.3) is 11.3 Å². The van der Waals surface area contributed by atoms with Crippen LogP contribution in [0.3, 0.4) is 0 Å². The molecule has 8 nitrogen and oxygen atoms in total. The Hall–Kier alpha value is -4.02. The van der Waals surface area contributed by atoms with Gasteiger partial charge in [-0.25, -0.2) is 9.07 Å². The van der Waals surface area contributed by atoms with Crippen molar-refractivity contribution in [2.75, 3.05) is 0 Å².